The van der Waals surface area contributed by atoms with Gasteiger partial charge in [-0.05, 0) is 12.5 Å². The van der Waals surface area contributed by atoms with E-state index in [1.165, 1.54) is 11.8 Å². The maximum absolute atomic E-state index is 11.4. The zero-order chi connectivity index (χ0) is 15.4. The highest BCUT2D eigenvalue weighted by molar-refractivity contribution is 7.99. The molecule has 2 heterocycles. The van der Waals surface area contributed by atoms with Crippen LogP contribution in [0.2, 0.25) is 0 Å². The molecular formula is C14H15N5O2S. The van der Waals surface area contributed by atoms with Gasteiger partial charge < -0.3 is 4.84 Å². The van der Waals surface area contributed by atoms with Gasteiger partial charge in [-0.15, -0.1) is 10.2 Å². The van der Waals surface area contributed by atoms with E-state index in [1.54, 1.807) is 4.68 Å². The second-order valence-electron chi connectivity index (χ2n) is 4.68. The molecule has 1 aliphatic rings. The zero-order valence-electron chi connectivity index (χ0n) is 12.0. The Labute approximate surface area is 131 Å². The Balaban J connectivity index is 1.56. The summed E-state index contributed by atoms with van der Waals surface area (Å²) in [6.45, 7) is 2.26. The third kappa shape index (κ3) is 3.28. The summed E-state index contributed by atoms with van der Waals surface area (Å²) in [5.74, 6) is 0.968. The van der Waals surface area contributed by atoms with Crippen molar-refractivity contribution in [3.63, 3.8) is 0 Å². The number of carbonyl (C=O) groups excluding carboxylic acids is 1. The molecule has 2 aromatic rings. The minimum Gasteiger partial charge on any atom is -0.395 e. The first kappa shape index (κ1) is 14.6. The van der Waals surface area contributed by atoms with Gasteiger partial charge in [0.1, 0.15) is 6.61 Å². The molecular weight excluding hydrogens is 302 g/mol. The van der Waals surface area contributed by atoms with Gasteiger partial charge in [-0.2, -0.15) is 0 Å². The number of hydrogen-bond acceptors (Lipinski definition) is 6. The average Bonchev–Trinajstić information content (AvgIpc) is 2.94. The van der Waals surface area contributed by atoms with E-state index in [2.05, 4.69) is 20.8 Å². The van der Waals surface area contributed by atoms with Gasteiger partial charge in [0.15, 0.2) is 5.82 Å². The first-order valence-corrected chi connectivity index (χ1v) is 7.81. The summed E-state index contributed by atoms with van der Waals surface area (Å²) in [4.78, 5) is 16.7. The molecule has 114 valence electrons. The van der Waals surface area contributed by atoms with Gasteiger partial charge in [0.25, 0.3) is 0 Å². The van der Waals surface area contributed by atoms with Gasteiger partial charge in [-0.25, -0.2) is 4.68 Å². The van der Waals surface area contributed by atoms with Crippen LogP contribution in [0, 0.1) is 0 Å². The predicted octanol–water partition coefficient (Wildman–Crippen LogP) is 1.44. The van der Waals surface area contributed by atoms with Crippen molar-refractivity contribution in [1.82, 2.24) is 14.9 Å². The Hall–Kier alpha value is -2.35. The van der Waals surface area contributed by atoms with Gasteiger partial charge in [-0.3, -0.25) is 10.2 Å². The van der Waals surface area contributed by atoms with Crippen molar-refractivity contribution in [2.45, 2.75) is 18.5 Å². The van der Waals surface area contributed by atoms with Crippen LogP contribution in [0.1, 0.15) is 18.3 Å². The summed E-state index contributed by atoms with van der Waals surface area (Å²) in [5.41, 5.74) is 4.56. The minimum absolute atomic E-state index is 0.0580. The van der Waals surface area contributed by atoms with Crippen LogP contribution >= 0.6 is 11.8 Å². The van der Waals surface area contributed by atoms with Gasteiger partial charge in [0, 0.05) is 6.42 Å². The molecule has 1 N–H and O–H groups in total. The van der Waals surface area contributed by atoms with Crippen LogP contribution < -0.4 is 5.43 Å². The number of amides is 1. The van der Waals surface area contributed by atoms with E-state index >= 15 is 0 Å². The van der Waals surface area contributed by atoms with Crippen LogP contribution in [0.5, 0.6) is 0 Å². The van der Waals surface area contributed by atoms with Crippen LogP contribution in [0.4, 0.5) is 0 Å². The molecule has 0 radical (unpaired) electrons. The Morgan fingerprint density at radius 1 is 1.41 bits per heavy atom. The number of aromatic nitrogens is 3. The van der Waals surface area contributed by atoms with Crippen LogP contribution in [-0.2, 0) is 16.1 Å². The molecule has 0 spiro atoms. The fourth-order valence-corrected chi connectivity index (χ4v) is 2.67. The van der Waals surface area contributed by atoms with Gasteiger partial charge in [-0.1, -0.05) is 47.2 Å². The Bertz CT molecular complexity index is 699. The molecule has 22 heavy (non-hydrogen) atoms. The largest absolute Gasteiger partial charge is 0.395 e. The number of nitrogens with zero attached hydrogens (tertiary/aromatic N) is 4. The van der Waals surface area contributed by atoms with Crippen LogP contribution in [0.15, 0.2) is 40.6 Å². The summed E-state index contributed by atoms with van der Waals surface area (Å²) in [6.07, 6.45) is 0.513. The quantitative estimate of drug-likeness (QED) is 0.513. The molecule has 1 aromatic carbocycles. The average molecular weight is 317 g/mol. The summed E-state index contributed by atoms with van der Waals surface area (Å²) >= 11 is 1.37. The minimum atomic E-state index is -0.0580. The highest BCUT2D eigenvalue weighted by Crippen LogP contribution is 2.19. The summed E-state index contributed by atoms with van der Waals surface area (Å²) < 4.78 is 1.60. The van der Waals surface area contributed by atoms with Gasteiger partial charge in [0.2, 0.25) is 11.1 Å². The Kier molecular flexibility index (Phi) is 4.38. The van der Waals surface area contributed by atoms with Crippen molar-refractivity contribution in [2.75, 3.05) is 17.8 Å². The van der Waals surface area contributed by atoms with E-state index in [0.717, 1.165) is 11.3 Å². The van der Waals surface area contributed by atoms with E-state index < -0.39 is 0 Å². The lowest BCUT2D eigenvalue weighted by Crippen LogP contribution is -2.30. The molecule has 0 fully saturated rings. The molecule has 0 saturated carbocycles. The Morgan fingerprint density at radius 3 is 3.05 bits per heavy atom. The maximum Gasteiger partial charge on any atom is 0.249 e. The van der Waals surface area contributed by atoms with E-state index in [0.29, 0.717) is 29.8 Å². The first-order chi connectivity index (χ1) is 10.7. The number of benzene rings is 1. The molecule has 0 atom stereocenters. The maximum atomic E-state index is 11.4. The Morgan fingerprint density at radius 2 is 2.23 bits per heavy atom. The van der Waals surface area contributed by atoms with Crippen molar-refractivity contribution >= 4 is 23.4 Å². The fraction of sp³-hybridized carbons (Fsp3) is 0.286. The van der Waals surface area contributed by atoms with E-state index in [9.17, 15) is 4.79 Å². The summed E-state index contributed by atoms with van der Waals surface area (Å²) in [5, 5.41) is 12.9. The lowest BCUT2D eigenvalue weighted by atomic mass is 10.1. The number of nitrogens with one attached hydrogen (secondary N) is 1. The second-order valence-corrected chi connectivity index (χ2v) is 5.63. The molecule has 0 saturated heterocycles. The van der Waals surface area contributed by atoms with Crippen molar-refractivity contribution in [3.8, 4) is 0 Å². The van der Waals surface area contributed by atoms with Crippen LogP contribution in [0.3, 0.4) is 0 Å². The normalized spacial score (nSPS) is 14.4. The van der Waals surface area contributed by atoms with Crippen molar-refractivity contribution < 1.29 is 9.63 Å². The topological polar surface area (TPSA) is 81.4 Å². The number of fused-ring (bicyclic) bond motifs is 1. The highest BCUT2D eigenvalue weighted by atomic mass is 32.2. The molecule has 7 nitrogen and oxygen atoms in total. The lowest BCUT2D eigenvalue weighted by molar-refractivity contribution is -0.115. The van der Waals surface area contributed by atoms with Crippen molar-refractivity contribution in [2.24, 2.45) is 5.16 Å². The lowest BCUT2D eigenvalue weighted by Gasteiger charge is -2.14. The zero-order valence-corrected chi connectivity index (χ0v) is 12.8. The molecule has 1 aromatic heterocycles. The highest BCUT2D eigenvalue weighted by Gasteiger charge is 2.20. The van der Waals surface area contributed by atoms with E-state index in [1.807, 2.05) is 37.3 Å². The monoisotopic (exact) mass is 317 g/mol. The third-order valence-corrected chi connectivity index (χ3v) is 4.01. The fourth-order valence-electron chi connectivity index (χ4n) is 1.97. The van der Waals surface area contributed by atoms with Gasteiger partial charge in [0.05, 0.1) is 11.5 Å². The first-order valence-electron chi connectivity index (χ1n) is 6.83. The molecule has 3 rings (SSSR count). The van der Waals surface area contributed by atoms with Crippen LogP contribution in [0.25, 0.3) is 0 Å². The molecule has 0 bridgehead atoms. The molecule has 0 unspecified atom stereocenters. The van der Waals surface area contributed by atoms with Gasteiger partial charge >= 0.3 is 0 Å². The smallest absolute Gasteiger partial charge is 0.249 e. The van der Waals surface area contributed by atoms with Crippen molar-refractivity contribution in [1.29, 1.82) is 0 Å². The van der Waals surface area contributed by atoms with Crippen LogP contribution in [-0.4, -0.2) is 38.9 Å². The molecule has 1 aliphatic heterocycles. The number of carbonyl (C=O) groups is 1. The standard InChI is InChI=1S/C14H15N5O2S/c1-10(11-5-3-2-4-6-11)18-21-8-7-12-15-16-14-19(12)17-13(20)9-22-14/h2-6H,7-9H2,1H3,(H,17,20)/b18-10+. The van der Waals surface area contributed by atoms with Crippen molar-refractivity contribution in [3.05, 3.63) is 41.7 Å². The molecule has 0 aliphatic carbocycles. The van der Waals surface area contributed by atoms with E-state index in [4.69, 9.17) is 4.84 Å². The molecule has 1 amide bonds. The SMILES string of the molecule is C/C(=N\OCCc1nnc2n1NC(=O)CS2)c1ccccc1. The third-order valence-electron chi connectivity index (χ3n) is 3.08. The number of thioether (sulfide) groups is 1. The number of rotatable bonds is 5. The van der Waals surface area contributed by atoms with E-state index in [-0.39, 0.29) is 5.91 Å². The number of hydrogen-bond donors (Lipinski definition) is 1. The predicted molar refractivity (Wildman–Crippen MR) is 83.4 cm³/mol. The number of oxime groups is 1. The second kappa shape index (κ2) is 6.61. The molecule has 8 heteroatoms. The summed E-state index contributed by atoms with van der Waals surface area (Å²) in [6, 6.07) is 9.82. The summed E-state index contributed by atoms with van der Waals surface area (Å²) in [7, 11) is 0.